The molecule has 2 aromatic carbocycles. The Bertz CT molecular complexity index is 814. The van der Waals surface area contributed by atoms with Crippen LogP contribution < -0.4 is 10.1 Å². The number of hydrogen-bond donors (Lipinski definition) is 1. The fourth-order valence-corrected chi connectivity index (χ4v) is 3.65. The second kappa shape index (κ2) is 7.31. The molecule has 25 heavy (non-hydrogen) atoms. The van der Waals surface area contributed by atoms with Crippen molar-refractivity contribution in [2.45, 2.75) is 31.1 Å². The van der Waals surface area contributed by atoms with Crippen molar-refractivity contribution in [1.82, 2.24) is 0 Å². The molecule has 130 valence electrons. The molecule has 0 saturated heterocycles. The van der Waals surface area contributed by atoms with Gasteiger partial charge in [-0.05, 0) is 60.6 Å². The molecule has 0 saturated carbocycles. The number of amides is 1. The lowest BCUT2D eigenvalue weighted by molar-refractivity contribution is -0.118. The topological polar surface area (TPSA) is 55.4 Å². The normalized spacial score (nSPS) is 15.8. The van der Waals surface area contributed by atoms with Crippen molar-refractivity contribution >= 4 is 29.1 Å². The first-order valence-electron chi connectivity index (χ1n) is 8.23. The lowest BCUT2D eigenvalue weighted by atomic mass is 9.97. The molecule has 0 aliphatic heterocycles. The van der Waals surface area contributed by atoms with Crippen LogP contribution in [0.4, 0.5) is 5.69 Å². The van der Waals surface area contributed by atoms with Crippen molar-refractivity contribution in [3.05, 3.63) is 53.1 Å². The average molecular weight is 355 g/mol. The maximum atomic E-state index is 12.3. The lowest BCUT2D eigenvalue weighted by Gasteiger charge is -2.13. The minimum absolute atomic E-state index is 0.0919. The van der Waals surface area contributed by atoms with Gasteiger partial charge in [-0.25, -0.2) is 0 Å². The zero-order valence-corrected chi connectivity index (χ0v) is 15.4. The number of benzene rings is 2. The van der Waals surface area contributed by atoms with Crippen molar-refractivity contribution < 1.29 is 14.3 Å². The molecular formula is C20H21NO3S. The highest BCUT2D eigenvalue weighted by molar-refractivity contribution is 7.98. The molecule has 3 rings (SSSR count). The number of fused-ring (bicyclic) bond motifs is 1. The summed E-state index contributed by atoms with van der Waals surface area (Å²) in [5.41, 5.74) is 3.52. The molecule has 4 nitrogen and oxygen atoms in total. The van der Waals surface area contributed by atoms with E-state index in [1.807, 2.05) is 50.4 Å². The molecule has 2 aromatic rings. The molecule has 0 fully saturated rings. The van der Waals surface area contributed by atoms with Crippen LogP contribution in [0.3, 0.4) is 0 Å². The van der Waals surface area contributed by atoms with E-state index >= 15 is 0 Å². The van der Waals surface area contributed by atoms with E-state index < -0.39 is 0 Å². The fraction of sp³-hybridized carbons (Fsp3) is 0.300. The number of ketones is 1. The van der Waals surface area contributed by atoms with Gasteiger partial charge in [0.2, 0.25) is 0 Å². The van der Waals surface area contributed by atoms with E-state index in [-0.39, 0.29) is 24.2 Å². The molecule has 1 aliphatic carbocycles. The third-order valence-corrected chi connectivity index (χ3v) is 5.16. The fourth-order valence-electron chi connectivity index (χ4n) is 3.24. The monoisotopic (exact) mass is 355 g/mol. The number of anilines is 1. The van der Waals surface area contributed by atoms with Gasteiger partial charge >= 0.3 is 0 Å². The number of hydrogen-bond acceptors (Lipinski definition) is 4. The van der Waals surface area contributed by atoms with E-state index in [2.05, 4.69) is 5.32 Å². The van der Waals surface area contributed by atoms with E-state index in [4.69, 9.17) is 4.74 Å². The maximum absolute atomic E-state index is 12.3. The van der Waals surface area contributed by atoms with Gasteiger partial charge in [0, 0.05) is 17.0 Å². The third-order valence-electron chi connectivity index (χ3n) is 4.42. The van der Waals surface area contributed by atoms with Crippen LogP contribution in [0.15, 0.2) is 41.3 Å². The highest BCUT2D eigenvalue weighted by Gasteiger charge is 2.31. The molecule has 1 N–H and O–H groups in total. The number of ether oxygens (including phenoxy) is 1. The second-order valence-electron chi connectivity index (χ2n) is 6.26. The van der Waals surface area contributed by atoms with Gasteiger partial charge in [-0.15, -0.1) is 11.8 Å². The van der Waals surface area contributed by atoms with E-state index in [1.54, 1.807) is 17.8 Å². The Morgan fingerprint density at radius 2 is 1.96 bits per heavy atom. The Morgan fingerprint density at radius 1 is 1.24 bits per heavy atom. The van der Waals surface area contributed by atoms with Gasteiger partial charge in [0.1, 0.15) is 5.75 Å². The molecular weight excluding hydrogens is 334 g/mol. The van der Waals surface area contributed by atoms with Gasteiger partial charge in [-0.2, -0.15) is 0 Å². The first-order chi connectivity index (χ1) is 12.0. The summed E-state index contributed by atoms with van der Waals surface area (Å²) in [6.45, 7) is 3.93. The standard InChI is InChI=1S/C20H21NO3S/c1-12-4-9-17(20-16(22)10-13(2)19(12)20)24-11-18(23)21-14-5-7-15(25-3)8-6-14/h4-9,13H,10-11H2,1-3H3,(H,21,23). The highest BCUT2D eigenvalue weighted by Crippen LogP contribution is 2.40. The molecule has 1 aliphatic rings. The van der Waals surface area contributed by atoms with E-state index in [1.165, 1.54) is 0 Å². The molecule has 0 bridgehead atoms. The van der Waals surface area contributed by atoms with Crippen LogP contribution in [0.25, 0.3) is 0 Å². The number of nitrogens with one attached hydrogen (secondary N) is 1. The first-order valence-corrected chi connectivity index (χ1v) is 9.45. The van der Waals surface area contributed by atoms with Gasteiger partial charge in [-0.1, -0.05) is 13.0 Å². The Labute approximate surface area is 152 Å². The summed E-state index contributed by atoms with van der Waals surface area (Å²) in [5, 5.41) is 2.80. The van der Waals surface area contributed by atoms with Gasteiger partial charge in [-0.3, -0.25) is 9.59 Å². The zero-order chi connectivity index (χ0) is 18.0. The molecule has 0 spiro atoms. The first kappa shape index (κ1) is 17.5. The van der Waals surface area contributed by atoms with Gasteiger partial charge in [0.05, 0.1) is 5.56 Å². The van der Waals surface area contributed by atoms with Crippen molar-refractivity contribution in [1.29, 1.82) is 0 Å². The third kappa shape index (κ3) is 3.71. The van der Waals surface area contributed by atoms with E-state index in [0.717, 1.165) is 21.7 Å². The average Bonchev–Trinajstić information content (AvgIpc) is 2.90. The number of rotatable bonds is 5. The van der Waals surface area contributed by atoms with Crippen LogP contribution in [0.2, 0.25) is 0 Å². The number of carbonyl (C=O) groups is 2. The zero-order valence-electron chi connectivity index (χ0n) is 14.6. The van der Waals surface area contributed by atoms with Crippen LogP contribution in [0.1, 0.15) is 40.7 Å². The number of thioether (sulfide) groups is 1. The minimum atomic E-state index is -0.246. The Morgan fingerprint density at radius 3 is 2.64 bits per heavy atom. The van der Waals surface area contributed by atoms with Crippen LogP contribution in [-0.4, -0.2) is 24.6 Å². The summed E-state index contributed by atoms with van der Waals surface area (Å²) in [6, 6.07) is 11.4. The second-order valence-corrected chi connectivity index (χ2v) is 7.14. The van der Waals surface area contributed by atoms with Gasteiger partial charge < -0.3 is 10.1 Å². The smallest absolute Gasteiger partial charge is 0.262 e. The van der Waals surface area contributed by atoms with Crippen LogP contribution in [0, 0.1) is 6.92 Å². The predicted octanol–water partition coefficient (Wildman–Crippen LogP) is 4.42. The molecule has 1 unspecified atom stereocenters. The molecule has 0 heterocycles. The molecule has 1 amide bonds. The Kier molecular flexibility index (Phi) is 5.13. The molecule has 5 heteroatoms. The summed E-state index contributed by atoms with van der Waals surface area (Å²) in [4.78, 5) is 25.5. The number of Topliss-reactive ketones (excluding diaryl/α,β-unsaturated/α-hetero) is 1. The maximum Gasteiger partial charge on any atom is 0.262 e. The Hall–Kier alpha value is -2.27. The van der Waals surface area contributed by atoms with Crippen molar-refractivity contribution in [3.8, 4) is 5.75 Å². The largest absolute Gasteiger partial charge is 0.483 e. The van der Waals surface area contributed by atoms with Crippen LogP contribution >= 0.6 is 11.8 Å². The van der Waals surface area contributed by atoms with Gasteiger partial charge in [0.25, 0.3) is 5.91 Å². The summed E-state index contributed by atoms with van der Waals surface area (Å²) in [6.07, 6.45) is 2.51. The Balaban J connectivity index is 1.68. The van der Waals surface area contributed by atoms with Crippen LogP contribution in [0.5, 0.6) is 5.75 Å². The summed E-state index contributed by atoms with van der Waals surface area (Å²) >= 11 is 1.65. The summed E-state index contributed by atoms with van der Waals surface area (Å²) in [5.74, 6) is 0.552. The summed E-state index contributed by atoms with van der Waals surface area (Å²) in [7, 11) is 0. The number of carbonyl (C=O) groups excluding carboxylic acids is 2. The molecule has 0 aromatic heterocycles. The number of aryl methyl sites for hydroxylation is 1. The quantitative estimate of drug-likeness (QED) is 0.807. The predicted molar refractivity (Wildman–Crippen MR) is 101 cm³/mol. The minimum Gasteiger partial charge on any atom is -0.483 e. The van der Waals surface area contributed by atoms with Crippen molar-refractivity contribution in [3.63, 3.8) is 0 Å². The van der Waals surface area contributed by atoms with Gasteiger partial charge in [0.15, 0.2) is 12.4 Å². The lowest BCUT2D eigenvalue weighted by Crippen LogP contribution is -2.20. The highest BCUT2D eigenvalue weighted by atomic mass is 32.2. The molecule has 1 atom stereocenters. The van der Waals surface area contributed by atoms with Crippen molar-refractivity contribution in [2.75, 3.05) is 18.2 Å². The van der Waals surface area contributed by atoms with Crippen LogP contribution in [-0.2, 0) is 4.79 Å². The van der Waals surface area contributed by atoms with E-state index in [0.29, 0.717) is 17.7 Å². The van der Waals surface area contributed by atoms with E-state index in [9.17, 15) is 9.59 Å². The summed E-state index contributed by atoms with van der Waals surface area (Å²) < 4.78 is 5.66. The molecule has 0 radical (unpaired) electrons. The SMILES string of the molecule is CSc1ccc(NC(=O)COc2ccc(C)c3c2C(=O)CC3C)cc1. The van der Waals surface area contributed by atoms with Crippen molar-refractivity contribution in [2.24, 2.45) is 0 Å².